The van der Waals surface area contributed by atoms with Crippen molar-refractivity contribution in [2.75, 3.05) is 6.61 Å². The number of esters is 1. The summed E-state index contributed by atoms with van der Waals surface area (Å²) in [5.74, 6) is -0.678. The van der Waals surface area contributed by atoms with Gasteiger partial charge in [0.1, 0.15) is 17.4 Å². The number of aromatic amines is 1. The maximum absolute atomic E-state index is 12.3. The summed E-state index contributed by atoms with van der Waals surface area (Å²) in [6, 6.07) is 19.2. The first kappa shape index (κ1) is 19.3. The van der Waals surface area contributed by atoms with Gasteiger partial charge in [-0.25, -0.2) is 9.78 Å². The second-order valence-corrected chi connectivity index (χ2v) is 6.66. The van der Waals surface area contributed by atoms with Gasteiger partial charge in [0.15, 0.2) is 18.2 Å². The van der Waals surface area contributed by atoms with Crippen molar-refractivity contribution >= 4 is 34.2 Å². The summed E-state index contributed by atoms with van der Waals surface area (Å²) in [6.07, 6.45) is 0. The van der Waals surface area contributed by atoms with Crippen LogP contribution in [0.3, 0.4) is 0 Å². The number of nitrogens with one attached hydrogen (secondary N) is 1. The maximum atomic E-state index is 12.3. The number of H-pyrrole nitrogens is 1. The Labute approximate surface area is 175 Å². The summed E-state index contributed by atoms with van der Waals surface area (Å²) in [5.41, 5.74) is 1.88. The topological polar surface area (TPSA) is 112 Å². The van der Waals surface area contributed by atoms with Gasteiger partial charge in [-0.15, -0.1) is 0 Å². The lowest BCUT2D eigenvalue weighted by Crippen LogP contribution is -2.08. The minimum absolute atomic E-state index is 0.0556. The van der Waals surface area contributed by atoms with Gasteiger partial charge in [0.05, 0.1) is 16.1 Å². The molecule has 30 heavy (non-hydrogen) atoms. The third-order valence-electron chi connectivity index (χ3n) is 4.31. The molecule has 148 valence electrons. The van der Waals surface area contributed by atoms with Crippen molar-refractivity contribution in [3.8, 4) is 17.4 Å². The standard InChI is InChI=1S/C22H14ClN3O4/c23-15-6-2-1-5-13(15)19-9-10-20(30-19)22(28)29-12-18(27)14(11-24)21-25-16-7-3-4-8-17(16)26-21/h1-10,27H,12H2,(H,25,26)/b18-14-. The van der Waals surface area contributed by atoms with Crippen LogP contribution in [0, 0.1) is 11.3 Å². The zero-order valence-corrected chi connectivity index (χ0v) is 16.2. The molecule has 4 rings (SSSR count). The fourth-order valence-corrected chi connectivity index (χ4v) is 3.08. The van der Waals surface area contributed by atoms with Crippen LogP contribution in [0.5, 0.6) is 0 Å². The first-order valence-corrected chi connectivity index (χ1v) is 9.24. The number of hydrogen-bond acceptors (Lipinski definition) is 6. The van der Waals surface area contributed by atoms with E-state index < -0.39 is 18.3 Å². The van der Waals surface area contributed by atoms with Gasteiger partial charge in [-0.2, -0.15) is 5.26 Å². The number of aliphatic hydroxyl groups is 1. The number of nitriles is 1. The Balaban J connectivity index is 1.50. The zero-order chi connectivity index (χ0) is 21.1. The average molecular weight is 420 g/mol. The lowest BCUT2D eigenvalue weighted by Gasteiger charge is -2.04. The van der Waals surface area contributed by atoms with Gasteiger partial charge in [-0.05, 0) is 36.4 Å². The van der Waals surface area contributed by atoms with E-state index in [1.54, 1.807) is 42.5 Å². The molecule has 0 atom stereocenters. The Morgan fingerprint density at radius 2 is 1.93 bits per heavy atom. The van der Waals surface area contributed by atoms with Gasteiger partial charge in [0.25, 0.3) is 0 Å². The number of carbonyl (C=O) groups excluding carboxylic acids is 1. The Morgan fingerprint density at radius 3 is 2.70 bits per heavy atom. The lowest BCUT2D eigenvalue weighted by molar-refractivity contribution is 0.0468. The Bertz CT molecular complexity index is 1280. The monoisotopic (exact) mass is 419 g/mol. The molecule has 0 amide bonds. The summed E-state index contributed by atoms with van der Waals surface area (Å²) in [4.78, 5) is 19.5. The molecule has 0 fully saturated rings. The first-order chi connectivity index (χ1) is 14.6. The number of ether oxygens (including phenoxy) is 1. The number of hydrogen-bond donors (Lipinski definition) is 2. The molecule has 0 aliphatic carbocycles. The minimum atomic E-state index is -0.790. The summed E-state index contributed by atoms with van der Waals surface area (Å²) in [5, 5.41) is 20.2. The summed E-state index contributed by atoms with van der Waals surface area (Å²) in [7, 11) is 0. The highest BCUT2D eigenvalue weighted by Gasteiger charge is 2.18. The number of fused-ring (bicyclic) bond motifs is 1. The number of imidazole rings is 1. The molecular weight excluding hydrogens is 406 g/mol. The van der Waals surface area contributed by atoms with Crippen molar-refractivity contribution in [2.24, 2.45) is 0 Å². The molecule has 4 aromatic rings. The van der Waals surface area contributed by atoms with Crippen molar-refractivity contribution in [3.05, 3.63) is 83.0 Å². The zero-order valence-electron chi connectivity index (χ0n) is 15.4. The smallest absolute Gasteiger partial charge is 0.374 e. The Kier molecular flexibility index (Phi) is 5.24. The number of nitrogens with zero attached hydrogens (tertiary/aromatic N) is 2. The Hall–Kier alpha value is -4.02. The van der Waals surface area contributed by atoms with Crippen molar-refractivity contribution in [1.29, 1.82) is 5.26 Å². The predicted molar refractivity (Wildman–Crippen MR) is 111 cm³/mol. The van der Waals surface area contributed by atoms with Crippen LogP contribution in [-0.2, 0) is 4.74 Å². The van der Waals surface area contributed by atoms with E-state index in [0.29, 0.717) is 27.4 Å². The van der Waals surface area contributed by atoms with Crippen LogP contribution >= 0.6 is 11.6 Å². The molecule has 2 aromatic heterocycles. The van der Waals surface area contributed by atoms with E-state index in [4.69, 9.17) is 20.8 Å². The van der Waals surface area contributed by atoms with Crippen LogP contribution < -0.4 is 0 Å². The van der Waals surface area contributed by atoms with Crippen molar-refractivity contribution in [1.82, 2.24) is 9.97 Å². The highest BCUT2D eigenvalue weighted by Crippen LogP contribution is 2.29. The number of halogens is 1. The molecule has 0 saturated heterocycles. The van der Waals surface area contributed by atoms with Crippen LogP contribution in [0.25, 0.3) is 27.9 Å². The lowest BCUT2D eigenvalue weighted by atomic mass is 10.2. The molecule has 8 heteroatoms. The normalized spacial score (nSPS) is 11.7. The third kappa shape index (κ3) is 3.77. The number of allylic oxidation sites excluding steroid dienone is 1. The summed E-state index contributed by atoms with van der Waals surface area (Å²) in [6.45, 7) is -0.513. The van der Waals surface area contributed by atoms with Gasteiger partial charge in [0, 0.05) is 5.56 Å². The SMILES string of the molecule is N#C/C(=C(/O)COC(=O)c1ccc(-c2ccccc2Cl)o1)c1nc2ccccc2[nH]1. The third-order valence-corrected chi connectivity index (χ3v) is 4.64. The minimum Gasteiger partial charge on any atom is -0.507 e. The fraction of sp³-hybridized carbons (Fsp3) is 0.0455. The van der Waals surface area contributed by atoms with E-state index >= 15 is 0 Å². The van der Waals surface area contributed by atoms with Gasteiger partial charge >= 0.3 is 5.97 Å². The fourth-order valence-electron chi connectivity index (χ4n) is 2.86. The maximum Gasteiger partial charge on any atom is 0.374 e. The average Bonchev–Trinajstić information content (AvgIpc) is 3.40. The summed E-state index contributed by atoms with van der Waals surface area (Å²) >= 11 is 6.13. The van der Waals surface area contributed by atoms with Gasteiger partial charge < -0.3 is 19.2 Å². The van der Waals surface area contributed by atoms with Crippen LogP contribution in [0.4, 0.5) is 0 Å². The van der Waals surface area contributed by atoms with Gasteiger partial charge in [-0.1, -0.05) is 35.9 Å². The molecule has 0 unspecified atom stereocenters. The molecule has 0 radical (unpaired) electrons. The van der Waals surface area contributed by atoms with Crippen molar-refractivity contribution in [2.45, 2.75) is 0 Å². The Morgan fingerprint density at radius 1 is 1.17 bits per heavy atom. The highest BCUT2D eigenvalue weighted by molar-refractivity contribution is 6.33. The number of benzene rings is 2. The molecule has 0 bridgehead atoms. The van der Waals surface area contributed by atoms with E-state index in [-0.39, 0.29) is 17.2 Å². The van der Waals surface area contributed by atoms with Gasteiger partial charge in [-0.3, -0.25) is 0 Å². The number of aliphatic hydroxyl groups excluding tert-OH is 1. The molecule has 7 nitrogen and oxygen atoms in total. The van der Waals surface area contributed by atoms with E-state index in [2.05, 4.69) is 9.97 Å². The first-order valence-electron chi connectivity index (χ1n) is 8.86. The second kappa shape index (κ2) is 8.15. The van der Waals surface area contributed by atoms with Crippen LogP contribution in [-0.4, -0.2) is 27.7 Å². The van der Waals surface area contributed by atoms with E-state index in [9.17, 15) is 15.2 Å². The molecule has 0 spiro atoms. The number of aromatic nitrogens is 2. The van der Waals surface area contributed by atoms with E-state index in [1.807, 2.05) is 18.2 Å². The van der Waals surface area contributed by atoms with Crippen LogP contribution in [0.2, 0.25) is 5.02 Å². The van der Waals surface area contributed by atoms with Gasteiger partial charge in [0.2, 0.25) is 5.76 Å². The van der Waals surface area contributed by atoms with E-state index in [0.717, 1.165) is 0 Å². The summed E-state index contributed by atoms with van der Waals surface area (Å²) < 4.78 is 10.6. The number of para-hydroxylation sites is 2. The predicted octanol–water partition coefficient (Wildman–Crippen LogP) is 5.13. The quantitative estimate of drug-likeness (QED) is 0.263. The van der Waals surface area contributed by atoms with E-state index in [1.165, 1.54) is 6.07 Å². The molecule has 2 heterocycles. The number of furan rings is 1. The van der Waals surface area contributed by atoms with Crippen molar-refractivity contribution < 1.29 is 19.1 Å². The molecule has 2 N–H and O–H groups in total. The van der Waals surface area contributed by atoms with Crippen LogP contribution in [0.15, 0.2) is 70.8 Å². The molecular formula is C22H14ClN3O4. The van der Waals surface area contributed by atoms with Crippen LogP contribution in [0.1, 0.15) is 16.4 Å². The largest absolute Gasteiger partial charge is 0.507 e. The second-order valence-electron chi connectivity index (χ2n) is 6.26. The number of carbonyl (C=O) groups is 1. The molecule has 0 saturated carbocycles. The molecule has 0 aliphatic rings. The van der Waals surface area contributed by atoms with Crippen molar-refractivity contribution in [3.63, 3.8) is 0 Å². The molecule has 0 aliphatic heterocycles. The molecule has 2 aromatic carbocycles. The number of rotatable bonds is 5. The highest BCUT2D eigenvalue weighted by atomic mass is 35.5.